The van der Waals surface area contributed by atoms with Crippen LogP contribution in [0.3, 0.4) is 0 Å². The van der Waals surface area contributed by atoms with Crippen molar-refractivity contribution in [2.45, 2.75) is 38.7 Å². The number of hydrogen-bond donors (Lipinski definition) is 2. The van der Waals surface area contributed by atoms with Gasteiger partial charge in [-0.25, -0.2) is 14.8 Å². The molecule has 0 amide bonds. The van der Waals surface area contributed by atoms with Crippen LogP contribution in [0, 0.1) is 6.92 Å². The summed E-state index contributed by atoms with van der Waals surface area (Å²) >= 11 is 0. The van der Waals surface area contributed by atoms with E-state index in [4.69, 9.17) is 14.2 Å². The van der Waals surface area contributed by atoms with Gasteiger partial charge in [0.2, 0.25) is 0 Å². The van der Waals surface area contributed by atoms with Crippen molar-refractivity contribution < 1.29 is 24.1 Å². The maximum Gasteiger partial charge on any atom is 0.339 e. The lowest BCUT2D eigenvalue weighted by molar-refractivity contribution is 0.0680. The Morgan fingerprint density at radius 3 is 2.65 bits per heavy atom. The first-order chi connectivity index (χ1) is 16.6. The average Bonchev–Trinajstić information content (AvgIpc) is 2.81. The molecule has 0 atom stereocenters. The zero-order valence-electron chi connectivity index (χ0n) is 18.8. The predicted molar refractivity (Wildman–Crippen MR) is 126 cm³/mol. The summed E-state index contributed by atoms with van der Waals surface area (Å²) < 4.78 is 16.9. The van der Waals surface area contributed by atoms with E-state index < -0.39 is 5.97 Å². The maximum atomic E-state index is 11.6. The number of ether oxygens (including phenoxy) is 3. The molecule has 2 aliphatic rings. The quantitative estimate of drug-likeness (QED) is 0.486. The molecule has 0 unspecified atom stereocenters. The summed E-state index contributed by atoms with van der Waals surface area (Å²) in [4.78, 5) is 20.3. The summed E-state index contributed by atoms with van der Waals surface area (Å²) in [6, 6.07) is 10.9. The molecule has 1 aromatic heterocycles. The molecule has 174 valence electrons. The number of aromatic nitrogens is 2. The molecular formula is C26H25N3O5. The van der Waals surface area contributed by atoms with Crippen LogP contribution in [-0.4, -0.2) is 33.7 Å². The first-order valence-corrected chi connectivity index (χ1v) is 11.3. The number of benzene rings is 2. The highest BCUT2D eigenvalue weighted by molar-refractivity contribution is 5.92. The van der Waals surface area contributed by atoms with Crippen LogP contribution in [0.2, 0.25) is 0 Å². The van der Waals surface area contributed by atoms with Crippen LogP contribution in [0.15, 0.2) is 55.2 Å². The lowest BCUT2D eigenvalue weighted by Gasteiger charge is -2.27. The topological polar surface area (TPSA) is 103 Å². The van der Waals surface area contributed by atoms with Crippen molar-refractivity contribution in [3.8, 4) is 28.5 Å². The van der Waals surface area contributed by atoms with Crippen molar-refractivity contribution in [2.75, 3.05) is 11.9 Å². The highest BCUT2D eigenvalue weighted by Crippen LogP contribution is 2.34. The molecule has 8 heteroatoms. The van der Waals surface area contributed by atoms with Gasteiger partial charge in [0.15, 0.2) is 11.5 Å². The molecule has 5 rings (SSSR count). The minimum atomic E-state index is -1.00. The van der Waals surface area contributed by atoms with E-state index in [2.05, 4.69) is 15.3 Å². The van der Waals surface area contributed by atoms with E-state index in [9.17, 15) is 9.90 Å². The van der Waals surface area contributed by atoms with Gasteiger partial charge < -0.3 is 24.6 Å². The predicted octanol–water partition coefficient (Wildman–Crippen LogP) is 4.98. The van der Waals surface area contributed by atoms with Gasteiger partial charge in [0.05, 0.1) is 11.8 Å². The number of nitrogens with one attached hydrogen (secondary N) is 1. The maximum absolute atomic E-state index is 11.6. The Kier molecular flexibility index (Phi) is 6.03. The van der Waals surface area contributed by atoms with E-state index in [1.807, 2.05) is 25.1 Å². The second-order valence-corrected chi connectivity index (χ2v) is 8.39. The van der Waals surface area contributed by atoms with Gasteiger partial charge in [-0.3, -0.25) is 0 Å². The molecule has 1 fully saturated rings. The van der Waals surface area contributed by atoms with Gasteiger partial charge >= 0.3 is 5.97 Å². The summed E-state index contributed by atoms with van der Waals surface area (Å²) in [5, 5.41) is 12.9. The smallest absolute Gasteiger partial charge is 0.339 e. The second kappa shape index (κ2) is 9.43. The van der Waals surface area contributed by atoms with Crippen molar-refractivity contribution in [1.82, 2.24) is 9.97 Å². The number of hydrogen-bond acceptors (Lipinski definition) is 7. The molecule has 0 spiro atoms. The number of carboxylic acids is 1. The minimum Gasteiger partial charge on any atom is -0.490 e. The first-order valence-electron chi connectivity index (χ1n) is 11.3. The standard InChI is InChI=1S/C26H25N3O5/c1-16-11-23-24(33-10-9-32-23)12-17(16)7-8-27-25-14-21(28-15-29-25)18-5-6-20(26(30)31)22(13-18)34-19-3-2-4-19/h5-6,9-15,19H,2-4,7-8H2,1H3,(H,30,31)(H,27,28,29). The SMILES string of the molecule is Cc1cc2c(cc1CCNc1cc(-c3ccc(C(=O)O)c(OC4CCC4)c3)ncn1)OC=CO2. The monoisotopic (exact) mass is 459 g/mol. The number of fused-ring (bicyclic) bond motifs is 1. The summed E-state index contributed by atoms with van der Waals surface area (Å²) in [5.41, 5.74) is 3.91. The first kappa shape index (κ1) is 21.8. The molecule has 0 saturated heterocycles. The number of nitrogens with zero attached hydrogens (tertiary/aromatic N) is 2. The number of aryl methyl sites for hydroxylation is 1. The Balaban J connectivity index is 1.28. The molecule has 34 heavy (non-hydrogen) atoms. The second-order valence-electron chi connectivity index (χ2n) is 8.39. The Morgan fingerprint density at radius 1 is 1.12 bits per heavy atom. The number of aromatic carboxylic acids is 1. The molecule has 1 saturated carbocycles. The molecule has 2 N–H and O–H groups in total. The molecule has 2 aromatic carbocycles. The average molecular weight is 460 g/mol. The Morgan fingerprint density at radius 2 is 1.91 bits per heavy atom. The summed E-state index contributed by atoms with van der Waals surface area (Å²) in [7, 11) is 0. The number of rotatable bonds is 8. The van der Waals surface area contributed by atoms with Gasteiger partial charge in [-0.2, -0.15) is 0 Å². The van der Waals surface area contributed by atoms with Crippen LogP contribution in [0.5, 0.6) is 17.2 Å². The third-order valence-corrected chi connectivity index (χ3v) is 6.07. The largest absolute Gasteiger partial charge is 0.490 e. The normalized spacial score (nSPS) is 14.4. The van der Waals surface area contributed by atoms with Crippen molar-refractivity contribution in [3.63, 3.8) is 0 Å². The van der Waals surface area contributed by atoms with Crippen molar-refractivity contribution in [1.29, 1.82) is 0 Å². The molecule has 1 aliphatic carbocycles. The fourth-order valence-electron chi connectivity index (χ4n) is 3.92. The van der Waals surface area contributed by atoms with E-state index in [1.165, 1.54) is 18.9 Å². The Hall–Kier alpha value is -4.07. The van der Waals surface area contributed by atoms with Gasteiger partial charge in [0.1, 0.15) is 36.0 Å². The number of carbonyl (C=O) groups is 1. The van der Waals surface area contributed by atoms with Crippen LogP contribution in [0.4, 0.5) is 5.82 Å². The third kappa shape index (κ3) is 4.66. The van der Waals surface area contributed by atoms with Crippen molar-refractivity contribution in [2.24, 2.45) is 0 Å². The van der Waals surface area contributed by atoms with Gasteiger partial charge in [0.25, 0.3) is 0 Å². The van der Waals surface area contributed by atoms with E-state index in [1.54, 1.807) is 18.2 Å². The van der Waals surface area contributed by atoms with Crippen LogP contribution in [0.25, 0.3) is 11.3 Å². The molecule has 0 bridgehead atoms. The van der Waals surface area contributed by atoms with E-state index in [-0.39, 0.29) is 11.7 Å². The lowest BCUT2D eigenvalue weighted by atomic mass is 9.96. The highest BCUT2D eigenvalue weighted by atomic mass is 16.5. The molecule has 8 nitrogen and oxygen atoms in total. The minimum absolute atomic E-state index is 0.0796. The molecule has 2 heterocycles. The van der Waals surface area contributed by atoms with Crippen molar-refractivity contribution in [3.05, 3.63) is 71.9 Å². The zero-order chi connectivity index (χ0) is 23.5. The number of carboxylic acid groups (broad SMARTS) is 1. The Labute approximate surface area is 197 Å². The summed E-state index contributed by atoms with van der Waals surface area (Å²) in [6.07, 6.45) is 8.40. The summed E-state index contributed by atoms with van der Waals surface area (Å²) in [6.45, 7) is 2.71. The van der Waals surface area contributed by atoms with E-state index >= 15 is 0 Å². The van der Waals surface area contributed by atoms with Gasteiger partial charge in [-0.15, -0.1) is 0 Å². The molecule has 1 aliphatic heterocycles. The molecule has 3 aromatic rings. The van der Waals surface area contributed by atoms with Gasteiger partial charge in [-0.05, 0) is 68.0 Å². The molecule has 0 radical (unpaired) electrons. The van der Waals surface area contributed by atoms with Crippen LogP contribution < -0.4 is 19.5 Å². The van der Waals surface area contributed by atoms with E-state index in [0.29, 0.717) is 35.3 Å². The highest BCUT2D eigenvalue weighted by Gasteiger charge is 2.22. The van der Waals surface area contributed by atoms with Crippen molar-refractivity contribution >= 4 is 11.8 Å². The summed E-state index contributed by atoms with van der Waals surface area (Å²) in [5.74, 6) is 1.49. The van der Waals surface area contributed by atoms with Gasteiger partial charge in [0, 0.05) is 18.2 Å². The third-order valence-electron chi connectivity index (χ3n) is 6.07. The fourth-order valence-corrected chi connectivity index (χ4v) is 3.92. The van der Waals surface area contributed by atoms with Crippen LogP contribution in [-0.2, 0) is 6.42 Å². The van der Waals surface area contributed by atoms with Gasteiger partial charge in [-0.1, -0.05) is 6.07 Å². The van der Waals surface area contributed by atoms with Crippen LogP contribution in [0.1, 0.15) is 40.7 Å². The number of anilines is 1. The van der Waals surface area contributed by atoms with Crippen LogP contribution >= 0.6 is 0 Å². The zero-order valence-corrected chi connectivity index (χ0v) is 18.8. The Bertz CT molecular complexity index is 1250. The molecular weight excluding hydrogens is 434 g/mol. The van der Waals surface area contributed by atoms with E-state index in [0.717, 1.165) is 42.4 Å². The fraction of sp³-hybridized carbons (Fsp3) is 0.269. The lowest BCUT2D eigenvalue weighted by Crippen LogP contribution is -2.25.